The standard InChI is InChI=1S/C22H30O5/c1-12-8-14-15-5-7-22(27,18(26)11-23)21(15,3)10-17(25)19(14)20(2)6-4-13(24)9-16(12)20/h4,6,9,12,14-15,17,19,23,25,27H,5,7-8,10-11H2,1-3H3/t12-,14+,15-,17+,19-,20-,21-,22-/m0/s1. The predicted molar refractivity (Wildman–Crippen MR) is 99.6 cm³/mol. The number of ketones is 2. The molecule has 0 aromatic rings. The molecule has 3 saturated carbocycles. The van der Waals surface area contributed by atoms with Crippen molar-refractivity contribution < 1.29 is 24.9 Å². The van der Waals surface area contributed by atoms with E-state index in [4.69, 9.17) is 0 Å². The van der Waals surface area contributed by atoms with Crippen LogP contribution in [0, 0.1) is 34.5 Å². The number of Topliss-reactive ketones (excluding diaryl/α,β-unsaturated/α-hetero) is 1. The molecule has 0 spiro atoms. The smallest absolute Gasteiger partial charge is 0.190 e. The average molecular weight is 374 g/mol. The number of hydrogen-bond acceptors (Lipinski definition) is 5. The van der Waals surface area contributed by atoms with E-state index in [1.807, 2.05) is 13.0 Å². The second-order valence-corrected chi connectivity index (χ2v) is 9.72. The maximum atomic E-state index is 12.4. The molecule has 3 N–H and O–H groups in total. The lowest BCUT2D eigenvalue weighted by Crippen LogP contribution is -2.62. The van der Waals surface area contributed by atoms with Gasteiger partial charge >= 0.3 is 0 Å². The van der Waals surface area contributed by atoms with Crippen molar-refractivity contribution in [3.8, 4) is 0 Å². The van der Waals surface area contributed by atoms with Crippen LogP contribution in [0.2, 0.25) is 0 Å². The highest BCUT2D eigenvalue weighted by molar-refractivity contribution is 6.01. The highest BCUT2D eigenvalue weighted by atomic mass is 16.3. The summed E-state index contributed by atoms with van der Waals surface area (Å²) in [5.74, 6) is -0.0768. The molecule has 0 heterocycles. The molecule has 0 aliphatic heterocycles. The molecule has 4 rings (SSSR count). The molecule has 0 bridgehead atoms. The lowest BCUT2D eigenvalue weighted by Gasteiger charge is -2.60. The lowest BCUT2D eigenvalue weighted by molar-refractivity contribution is -0.180. The molecular formula is C22H30O5. The molecule has 0 aromatic carbocycles. The van der Waals surface area contributed by atoms with Gasteiger partial charge < -0.3 is 15.3 Å². The van der Waals surface area contributed by atoms with Crippen LogP contribution in [0.15, 0.2) is 23.8 Å². The summed E-state index contributed by atoms with van der Waals surface area (Å²) in [5, 5.41) is 31.9. The molecule has 0 aromatic heterocycles. The van der Waals surface area contributed by atoms with E-state index in [9.17, 15) is 24.9 Å². The van der Waals surface area contributed by atoms with Gasteiger partial charge in [0.15, 0.2) is 11.6 Å². The van der Waals surface area contributed by atoms with Gasteiger partial charge in [0, 0.05) is 16.7 Å². The van der Waals surface area contributed by atoms with E-state index < -0.39 is 29.5 Å². The van der Waals surface area contributed by atoms with Gasteiger partial charge in [0.2, 0.25) is 0 Å². The summed E-state index contributed by atoms with van der Waals surface area (Å²) in [6, 6.07) is 0. The molecule has 0 unspecified atom stereocenters. The second-order valence-electron chi connectivity index (χ2n) is 9.72. The summed E-state index contributed by atoms with van der Waals surface area (Å²) in [4.78, 5) is 24.4. The largest absolute Gasteiger partial charge is 0.393 e. The molecule has 27 heavy (non-hydrogen) atoms. The number of carbonyl (C=O) groups is 2. The minimum atomic E-state index is -1.57. The SMILES string of the molecule is C[C@H]1C[C@H]2[C@@H]([C@H](O)C[C@@]3(C)[C@H]2CC[C@]3(O)C(=O)CO)[C@@]2(C)C=CC(=O)C=C12. The van der Waals surface area contributed by atoms with Crippen molar-refractivity contribution in [2.24, 2.45) is 34.5 Å². The Labute approximate surface area is 160 Å². The summed E-state index contributed by atoms with van der Waals surface area (Å²) in [6.45, 7) is 5.48. The number of fused-ring (bicyclic) bond motifs is 5. The van der Waals surface area contributed by atoms with Crippen LogP contribution in [-0.4, -0.2) is 45.2 Å². The summed E-state index contributed by atoms with van der Waals surface area (Å²) >= 11 is 0. The average Bonchev–Trinajstić information content (AvgIpc) is 2.87. The van der Waals surface area contributed by atoms with Crippen LogP contribution < -0.4 is 0 Å². The van der Waals surface area contributed by atoms with E-state index in [2.05, 4.69) is 13.8 Å². The van der Waals surface area contributed by atoms with Crippen LogP contribution >= 0.6 is 0 Å². The van der Waals surface area contributed by atoms with E-state index in [1.165, 1.54) is 0 Å². The lowest BCUT2D eigenvalue weighted by atomic mass is 9.45. The number of hydrogen-bond donors (Lipinski definition) is 3. The summed E-state index contributed by atoms with van der Waals surface area (Å²) in [6.07, 6.45) is 6.87. The molecule has 0 amide bonds. The maximum Gasteiger partial charge on any atom is 0.190 e. The quantitative estimate of drug-likeness (QED) is 0.685. The Balaban J connectivity index is 1.78. The van der Waals surface area contributed by atoms with E-state index in [0.29, 0.717) is 12.8 Å². The van der Waals surface area contributed by atoms with Gasteiger partial charge in [-0.05, 0) is 55.6 Å². The van der Waals surface area contributed by atoms with Crippen molar-refractivity contribution >= 4 is 11.6 Å². The van der Waals surface area contributed by atoms with Gasteiger partial charge in [0.05, 0.1) is 6.10 Å². The van der Waals surface area contributed by atoms with Crippen molar-refractivity contribution in [2.45, 2.75) is 58.2 Å². The fraction of sp³-hybridized carbons (Fsp3) is 0.727. The Morgan fingerprint density at radius 2 is 2.04 bits per heavy atom. The molecule has 0 saturated heterocycles. The zero-order valence-electron chi connectivity index (χ0n) is 16.3. The van der Waals surface area contributed by atoms with Gasteiger partial charge in [-0.1, -0.05) is 32.4 Å². The Morgan fingerprint density at radius 3 is 2.70 bits per heavy atom. The summed E-state index contributed by atoms with van der Waals surface area (Å²) < 4.78 is 0. The first-order valence-corrected chi connectivity index (χ1v) is 10.1. The Morgan fingerprint density at radius 1 is 1.33 bits per heavy atom. The fourth-order valence-electron chi connectivity index (χ4n) is 7.34. The normalized spacial score (nSPS) is 51.3. The number of rotatable bonds is 2. The van der Waals surface area contributed by atoms with Crippen LogP contribution in [0.3, 0.4) is 0 Å². The first kappa shape index (κ1) is 19.0. The number of carbonyl (C=O) groups excluding carboxylic acids is 2. The molecule has 5 heteroatoms. The van der Waals surface area contributed by atoms with Crippen LogP contribution in [-0.2, 0) is 9.59 Å². The number of aliphatic hydroxyl groups excluding tert-OH is 2. The van der Waals surface area contributed by atoms with E-state index in [0.717, 1.165) is 18.4 Å². The number of aliphatic hydroxyl groups is 3. The van der Waals surface area contributed by atoms with E-state index in [-0.39, 0.29) is 34.9 Å². The molecule has 148 valence electrons. The van der Waals surface area contributed by atoms with Crippen molar-refractivity contribution in [1.29, 1.82) is 0 Å². The first-order valence-electron chi connectivity index (χ1n) is 10.1. The fourth-order valence-corrected chi connectivity index (χ4v) is 7.34. The Hall–Kier alpha value is -1.30. The second kappa shape index (κ2) is 5.85. The third kappa shape index (κ3) is 2.28. The monoisotopic (exact) mass is 374 g/mol. The Bertz CT molecular complexity index is 754. The topological polar surface area (TPSA) is 94.8 Å². The Kier molecular flexibility index (Phi) is 4.12. The van der Waals surface area contributed by atoms with Gasteiger partial charge in [-0.3, -0.25) is 9.59 Å². The van der Waals surface area contributed by atoms with Crippen LogP contribution in [0.5, 0.6) is 0 Å². The molecule has 0 radical (unpaired) electrons. The highest BCUT2D eigenvalue weighted by Gasteiger charge is 2.68. The van der Waals surface area contributed by atoms with Gasteiger partial charge in [-0.15, -0.1) is 0 Å². The molecule has 4 aliphatic rings. The molecule has 3 fully saturated rings. The van der Waals surface area contributed by atoms with Crippen molar-refractivity contribution in [2.75, 3.05) is 6.61 Å². The van der Waals surface area contributed by atoms with Crippen molar-refractivity contribution in [1.82, 2.24) is 0 Å². The van der Waals surface area contributed by atoms with Gasteiger partial charge in [0.25, 0.3) is 0 Å². The summed E-state index contributed by atoms with van der Waals surface area (Å²) in [5.41, 5.74) is -1.59. The minimum Gasteiger partial charge on any atom is -0.393 e. The zero-order valence-corrected chi connectivity index (χ0v) is 16.3. The van der Waals surface area contributed by atoms with Crippen LogP contribution in [0.4, 0.5) is 0 Å². The number of allylic oxidation sites excluding steroid dienone is 4. The van der Waals surface area contributed by atoms with E-state index in [1.54, 1.807) is 12.2 Å². The van der Waals surface area contributed by atoms with Crippen LogP contribution in [0.25, 0.3) is 0 Å². The van der Waals surface area contributed by atoms with Gasteiger partial charge in [-0.25, -0.2) is 0 Å². The van der Waals surface area contributed by atoms with E-state index >= 15 is 0 Å². The molecule has 4 aliphatic carbocycles. The third-order valence-electron chi connectivity index (χ3n) is 8.57. The van der Waals surface area contributed by atoms with Gasteiger partial charge in [0.1, 0.15) is 12.2 Å². The minimum absolute atomic E-state index is 0.00620. The van der Waals surface area contributed by atoms with Crippen molar-refractivity contribution in [3.63, 3.8) is 0 Å². The maximum absolute atomic E-state index is 12.4. The third-order valence-corrected chi connectivity index (χ3v) is 8.57. The molecule has 8 atom stereocenters. The first-order chi connectivity index (χ1) is 12.6. The summed E-state index contributed by atoms with van der Waals surface area (Å²) in [7, 11) is 0. The van der Waals surface area contributed by atoms with Gasteiger partial charge in [-0.2, -0.15) is 0 Å². The zero-order chi connectivity index (χ0) is 19.8. The highest BCUT2D eigenvalue weighted by Crippen LogP contribution is 2.67. The molecular weight excluding hydrogens is 344 g/mol. The molecule has 5 nitrogen and oxygen atoms in total. The van der Waals surface area contributed by atoms with Crippen LogP contribution in [0.1, 0.15) is 46.5 Å². The van der Waals surface area contributed by atoms with Crippen molar-refractivity contribution in [3.05, 3.63) is 23.8 Å². The predicted octanol–water partition coefficient (Wildman–Crippen LogP) is 1.80.